The summed E-state index contributed by atoms with van der Waals surface area (Å²) in [5, 5.41) is 9.36. The Hall–Kier alpha value is -0.0400. The number of aliphatic hydroxyl groups is 1. The van der Waals surface area contributed by atoms with E-state index in [9.17, 15) is 5.11 Å². The molecule has 1 N–H and O–H groups in total. The van der Waals surface area contributed by atoms with Crippen molar-refractivity contribution >= 4 is 0 Å². The standard InChI is InChI=1S/C11H22O/c1-10(2,3)9-6-5-7-11(9,4)8-12/h9,12H,5-8H2,1-4H3/t9-,11-/m0/s1. The monoisotopic (exact) mass is 170 g/mol. The molecular weight excluding hydrogens is 148 g/mol. The van der Waals surface area contributed by atoms with Gasteiger partial charge in [-0.2, -0.15) is 0 Å². The van der Waals surface area contributed by atoms with Gasteiger partial charge in [-0.25, -0.2) is 0 Å². The fourth-order valence-corrected chi connectivity index (χ4v) is 2.90. The lowest BCUT2D eigenvalue weighted by Gasteiger charge is -2.39. The van der Waals surface area contributed by atoms with Crippen LogP contribution in [-0.4, -0.2) is 11.7 Å². The van der Waals surface area contributed by atoms with Crippen molar-refractivity contribution in [2.75, 3.05) is 6.61 Å². The van der Waals surface area contributed by atoms with Crippen molar-refractivity contribution in [3.63, 3.8) is 0 Å². The van der Waals surface area contributed by atoms with Gasteiger partial charge in [0.15, 0.2) is 0 Å². The van der Waals surface area contributed by atoms with Gasteiger partial charge >= 0.3 is 0 Å². The summed E-state index contributed by atoms with van der Waals surface area (Å²) in [6.07, 6.45) is 3.78. The molecule has 0 heterocycles. The van der Waals surface area contributed by atoms with E-state index < -0.39 is 0 Å². The van der Waals surface area contributed by atoms with E-state index >= 15 is 0 Å². The van der Waals surface area contributed by atoms with Gasteiger partial charge in [-0.3, -0.25) is 0 Å². The average Bonchev–Trinajstić information content (AvgIpc) is 2.31. The number of hydrogen-bond acceptors (Lipinski definition) is 1. The summed E-state index contributed by atoms with van der Waals surface area (Å²) in [4.78, 5) is 0. The van der Waals surface area contributed by atoms with E-state index in [1.807, 2.05) is 0 Å². The molecule has 0 spiro atoms. The van der Waals surface area contributed by atoms with Crippen LogP contribution in [0.5, 0.6) is 0 Å². The molecule has 1 nitrogen and oxygen atoms in total. The maximum atomic E-state index is 9.36. The molecule has 0 aromatic heterocycles. The highest BCUT2D eigenvalue weighted by Gasteiger charge is 2.43. The van der Waals surface area contributed by atoms with E-state index in [1.165, 1.54) is 19.3 Å². The maximum Gasteiger partial charge on any atom is 0.0487 e. The van der Waals surface area contributed by atoms with Crippen LogP contribution in [-0.2, 0) is 0 Å². The molecule has 0 aromatic carbocycles. The quantitative estimate of drug-likeness (QED) is 0.641. The Morgan fingerprint density at radius 1 is 1.42 bits per heavy atom. The van der Waals surface area contributed by atoms with E-state index in [0.29, 0.717) is 17.9 Å². The van der Waals surface area contributed by atoms with Crippen LogP contribution in [0.1, 0.15) is 47.0 Å². The third-order valence-corrected chi connectivity index (χ3v) is 3.49. The first kappa shape index (κ1) is 10.0. The summed E-state index contributed by atoms with van der Waals surface area (Å²) in [7, 11) is 0. The van der Waals surface area contributed by atoms with Crippen LogP contribution in [0.2, 0.25) is 0 Å². The third kappa shape index (κ3) is 1.66. The Morgan fingerprint density at radius 3 is 2.33 bits per heavy atom. The summed E-state index contributed by atoms with van der Waals surface area (Å²) in [6, 6.07) is 0. The molecule has 1 aliphatic rings. The first-order valence-electron chi connectivity index (χ1n) is 5.01. The minimum atomic E-state index is 0.193. The highest BCUT2D eigenvalue weighted by atomic mass is 16.3. The van der Waals surface area contributed by atoms with Crippen molar-refractivity contribution < 1.29 is 5.11 Å². The molecule has 1 saturated carbocycles. The molecule has 1 aliphatic carbocycles. The topological polar surface area (TPSA) is 20.2 Å². The van der Waals surface area contributed by atoms with E-state index in [-0.39, 0.29) is 5.41 Å². The Morgan fingerprint density at radius 2 is 2.00 bits per heavy atom. The minimum absolute atomic E-state index is 0.193. The molecular formula is C11H22O. The molecule has 1 fully saturated rings. The number of hydrogen-bond donors (Lipinski definition) is 1. The Labute approximate surface area is 76.2 Å². The number of rotatable bonds is 1. The van der Waals surface area contributed by atoms with E-state index in [2.05, 4.69) is 27.7 Å². The zero-order valence-electron chi connectivity index (χ0n) is 8.85. The van der Waals surface area contributed by atoms with Crippen molar-refractivity contribution in [3.05, 3.63) is 0 Å². The predicted molar refractivity (Wildman–Crippen MR) is 52.0 cm³/mol. The van der Waals surface area contributed by atoms with Gasteiger partial charge in [0, 0.05) is 6.61 Å². The highest BCUT2D eigenvalue weighted by molar-refractivity contribution is 4.93. The van der Waals surface area contributed by atoms with Crippen molar-refractivity contribution in [3.8, 4) is 0 Å². The normalized spacial score (nSPS) is 37.2. The predicted octanol–water partition coefficient (Wildman–Crippen LogP) is 2.83. The highest BCUT2D eigenvalue weighted by Crippen LogP contribution is 2.51. The van der Waals surface area contributed by atoms with E-state index in [4.69, 9.17) is 0 Å². The van der Waals surface area contributed by atoms with E-state index in [0.717, 1.165) is 0 Å². The summed E-state index contributed by atoms with van der Waals surface area (Å²) in [5.74, 6) is 0.690. The van der Waals surface area contributed by atoms with Gasteiger partial charge in [-0.15, -0.1) is 0 Å². The molecule has 1 heteroatoms. The Kier molecular flexibility index (Phi) is 2.53. The fraction of sp³-hybridized carbons (Fsp3) is 1.00. The second-order valence-electron chi connectivity index (χ2n) is 5.62. The van der Waals surface area contributed by atoms with Crippen LogP contribution >= 0.6 is 0 Å². The van der Waals surface area contributed by atoms with Gasteiger partial charge in [0.2, 0.25) is 0 Å². The first-order valence-corrected chi connectivity index (χ1v) is 5.01. The summed E-state index contributed by atoms with van der Waals surface area (Å²) >= 11 is 0. The van der Waals surface area contributed by atoms with Gasteiger partial charge in [0.25, 0.3) is 0 Å². The second kappa shape index (κ2) is 3.02. The molecule has 1 rings (SSSR count). The first-order chi connectivity index (χ1) is 5.40. The van der Waals surface area contributed by atoms with Gasteiger partial charge in [0.05, 0.1) is 0 Å². The molecule has 0 aliphatic heterocycles. The zero-order valence-corrected chi connectivity index (χ0v) is 8.85. The maximum absolute atomic E-state index is 9.36. The van der Waals surface area contributed by atoms with Crippen LogP contribution < -0.4 is 0 Å². The largest absolute Gasteiger partial charge is 0.396 e. The fourth-order valence-electron chi connectivity index (χ4n) is 2.90. The molecule has 0 bridgehead atoms. The molecule has 12 heavy (non-hydrogen) atoms. The summed E-state index contributed by atoms with van der Waals surface area (Å²) < 4.78 is 0. The zero-order chi connectivity index (χ0) is 9.41. The van der Waals surface area contributed by atoms with Gasteiger partial charge in [0.1, 0.15) is 0 Å². The molecule has 72 valence electrons. The lowest BCUT2D eigenvalue weighted by atomic mass is 9.67. The SMILES string of the molecule is CC(C)(C)[C@@H]1CCC[C@@]1(C)CO. The minimum Gasteiger partial charge on any atom is -0.396 e. The lowest BCUT2D eigenvalue weighted by molar-refractivity contribution is 0.0419. The van der Waals surface area contributed by atoms with Crippen molar-refractivity contribution in [1.82, 2.24) is 0 Å². The van der Waals surface area contributed by atoms with Crippen molar-refractivity contribution in [1.29, 1.82) is 0 Å². The van der Waals surface area contributed by atoms with Crippen molar-refractivity contribution in [2.24, 2.45) is 16.7 Å². The molecule has 0 saturated heterocycles. The number of aliphatic hydroxyl groups excluding tert-OH is 1. The van der Waals surface area contributed by atoms with Gasteiger partial charge < -0.3 is 5.11 Å². The van der Waals surface area contributed by atoms with E-state index in [1.54, 1.807) is 0 Å². The lowest BCUT2D eigenvalue weighted by Crippen LogP contribution is -2.34. The molecule has 0 unspecified atom stereocenters. The molecule has 0 radical (unpaired) electrons. The van der Waals surface area contributed by atoms with Crippen LogP contribution in [0.3, 0.4) is 0 Å². The van der Waals surface area contributed by atoms with Crippen LogP contribution in [0.25, 0.3) is 0 Å². The summed E-state index contributed by atoms with van der Waals surface area (Å²) in [5.41, 5.74) is 0.548. The van der Waals surface area contributed by atoms with Crippen molar-refractivity contribution in [2.45, 2.75) is 47.0 Å². The smallest absolute Gasteiger partial charge is 0.0487 e. The van der Waals surface area contributed by atoms with Gasteiger partial charge in [-0.05, 0) is 29.6 Å². The summed E-state index contributed by atoms with van der Waals surface area (Å²) in [6.45, 7) is 9.45. The van der Waals surface area contributed by atoms with Gasteiger partial charge in [-0.1, -0.05) is 34.1 Å². The van der Waals surface area contributed by atoms with Crippen LogP contribution in [0.15, 0.2) is 0 Å². The van der Waals surface area contributed by atoms with Crippen LogP contribution in [0.4, 0.5) is 0 Å². The average molecular weight is 170 g/mol. The third-order valence-electron chi connectivity index (χ3n) is 3.49. The molecule has 0 aromatic rings. The Balaban J connectivity index is 2.77. The Bertz CT molecular complexity index is 157. The second-order valence-corrected chi connectivity index (χ2v) is 5.62. The molecule has 2 atom stereocenters. The molecule has 0 amide bonds. The van der Waals surface area contributed by atoms with Crippen LogP contribution in [0, 0.1) is 16.7 Å².